The van der Waals surface area contributed by atoms with Crippen LogP contribution >= 0.6 is 0 Å². The Morgan fingerprint density at radius 2 is 2.17 bits per heavy atom. The molecule has 0 aromatic heterocycles. The summed E-state index contributed by atoms with van der Waals surface area (Å²) in [5.74, 6) is -0.406. The predicted molar refractivity (Wildman–Crippen MR) is 61.9 cm³/mol. The quantitative estimate of drug-likeness (QED) is 0.850. The van der Waals surface area contributed by atoms with Crippen molar-refractivity contribution in [3.05, 3.63) is 29.8 Å². The molecule has 1 N–H and O–H groups in total. The maximum atomic E-state index is 12.0. The molecule has 1 aromatic carbocycles. The Morgan fingerprint density at radius 3 is 2.78 bits per heavy atom. The molecule has 6 heteroatoms. The summed E-state index contributed by atoms with van der Waals surface area (Å²) < 4.78 is 33.1. The molecule has 0 aliphatic heterocycles. The van der Waals surface area contributed by atoms with Gasteiger partial charge in [-0.05, 0) is 25.1 Å². The van der Waals surface area contributed by atoms with Gasteiger partial charge in [0, 0.05) is 18.7 Å². The molecule has 1 unspecified atom stereocenters. The van der Waals surface area contributed by atoms with Crippen LogP contribution < -0.4 is 10.1 Å². The average Bonchev–Trinajstić information content (AvgIpc) is 2.28. The highest BCUT2D eigenvalue weighted by Gasteiger charge is 2.11. The van der Waals surface area contributed by atoms with Crippen LogP contribution in [0.15, 0.2) is 24.3 Å². The molecule has 0 spiro atoms. The van der Waals surface area contributed by atoms with Crippen LogP contribution in [0.25, 0.3) is 0 Å². The third kappa shape index (κ3) is 4.67. The van der Waals surface area contributed by atoms with Crippen LogP contribution in [0.4, 0.5) is 8.78 Å². The lowest BCUT2D eigenvalue weighted by Gasteiger charge is -2.13. The Kier molecular flexibility index (Phi) is 5.51. The average molecular weight is 259 g/mol. The highest BCUT2D eigenvalue weighted by molar-refractivity contribution is 5.94. The molecule has 0 saturated heterocycles. The fourth-order valence-electron chi connectivity index (χ4n) is 1.41. The van der Waals surface area contributed by atoms with Crippen molar-refractivity contribution >= 4 is 5.91 Å². The number of hydrogen-bond acceptors (Lipinski definition) is 3. The van der Waals surface area contributed by atoms with Gasteiger partial charge in [0.15, 0.2) is 0 Å². The van der Waals surface area contributed by atoms with Crippen LogP contribution in [0, 0.1) is 0 Å². The molecule has 1 aromatic rings. The Bertz CT molecular complexity index is 399. The molecule has 100 valence electrons. The zero-order valence-corrected chi connectivity index (χ0v) is 10.2. The van der Waals surface area contributed by atoms with Crippen molar-refractivity contribution in [2.45, 2.75) is 19.6 Å². The van der Waals surface area contributed by atoms with Crippen LogP contribution in [0.3, 0.4) is 0 Å². The summed E-state index contributed by atoms with van der Waals surface area (Å²) in [6.45, 7) is -0.754. The number of ether oxygens (including phenoxy) is 2. The summed E-state index contributed by atoms with van der Waals surface area (Å²) >= 11 is 0. The molecule has 0 heterocycles. The topological polar surface area (TPSA) is 47.6 Å². The lowest BCUT2D eigenvalue weighted by atomic mass is 10.2. The fraction of sp³-hybridized carbons (Fsp3) is 0.417. The lowest BCUT2D eigenvalue weighted by Crippen LogP contribution is -2.35. The van der Waals surface area contributed by atoms with Crippen molar-refractivity contribution in [3.63, 3.8) is 0 Å². The van der Waals surface area contributed by atoms with Gasteiger partial charge in [-0.15, -0.1) is 0 Å². The summed E-state index contributed by atoms with van der Waals surface area (Å²) in [7, 11) is 1.53. The monoisotopic (exact) mass is 259 g/mol. The number of methoxy groups -OCH3 is 1. The summed E-state index contributed by atoms with van der Waals surface area (Å²) in [6, 6.07) is 5.46. The molecule has 4 nitrogen and oxygen atoms in total. The number of hydrogen-bond donors (Lipinski definition) is 1. The van der Waals surface area contributed by atoms with E-state index in [0.717, 1.165) is 0 Å². The number of carbonyl (C=O) groups is 1. The van der Waals surface area contributed by atoms with E-state index < -0.39 is 6.61 Å². The minimum atomic E-state index is -2.91. The van der Waals surface area contributed by atoms with Crippen molar-refractivity contribution in [3.8, 4) is 5.75 Å². The van der Waals surface area contributed by atoms with Crippen LogP contribution in [0.2, 0.25) is 0 Å². The minimum absolute atomic E-state index is 0.0444. The largest absolute Gasteiger partial charge is 0.435 e. The molecule has 0 saturated carbocycles. The number of amides is 1. The Balaban J connectivity index is 2.68. The van der Waals surface area contributed by atoms with Gasteiger partial charge in [-0.1, -0.05) is 6.07 Å². The standard InChI is InChI=1S/C12H15F2NO3/c1-8(7-17-2)15-11(16)9-4-3-5-10(6-9)18-12(13)14/h3-6,8,12H,7H2,1-2H3,(H,15,16). The molecular formula is C12H15F2NO3. The molecule has 0 aliphatic carbocycles. The van der Waals surface area contributed by atoms with Crippen molar-refractivity contribution < 1.29 is 23.0 Å². The number of rotatable bonds is 6. The molecule has 1 rings (SSSR count). The lowest BCUT2D eigenvalue weighted by molar-refractivity contribution is -0.0498. The zero-order chi connectivity index (χ0) is 13.5. The predicted octanol–water partition coefficient (Wildman–Crippen LogP) is 2.05. The first-order valence-electron chi connectivity index (χ1n) is 5.37. The second-order valence-electron chi connectivity index (χ2n) is 3.74. The molecular weight excluding hydrogens is 244 g/mol. The molecule has 0 bridgehead atoms. The third-order valence-electron chi connectivity index (χ3n) is 2.12. The maximum Gasteiger partial charge on any atom is 0.387 e. The third-order valence-corrected chi connectivity index (χ3v) is 2.12. The Hall–Kier alpha value is -1.69. The van der Waals surface area contributed by atoms with Gasteiger partial charge in [0.2, 0.25) is 0 Å². The first-order valence-corrected chi connectivity index (χ1v) is 5.37. The molecule has 18 heavy (non-hydrogen) atoms. The Labute approximate surface area is 104 Å². The van der Waals surface area contributed by atoms with E-state index >= 15 is 0 Å². The maximum absolute atomic E-state index is 12.0. The summed E-state index contributed by atoms with van der Waals surface area (Å²) in [5.41, 5.74) is 0.260. The van der Waals surface area contributed by atoms with Gasteiger partial charge < -0.3 is 14.8 Å². The van der Waals surface area contributed by atoms with Gasteiger partial charge in [0.1, 0.15) is 5.75 Å². The van der Waals surface area contributed by atoms with E-state index in [4.69, 9.17) is 4.74 Å². The normalized spacial score (nSPS) is 12.3. The van der Waals surface area contributed by atoms with Gasteiger partial charge >= 0.3 is 6.61 Å². The van der Waals surface area contributed by atoms with Gasteiger partial charge in [0.25, 0.3) is 5.91 Å². The molecule has 1 amide bonds. The van der Waals surface area contributed by atoms with E-state index in [1.54, 1.807) is 6.92 Å². The van der Waals surface area contributed by atoms with Crippen LogP contribution in [-0.2, 0) is 4.74 Å². The Morgan fingerprint density at radius 1 is 1.44 bits per heavy atom. The molecule has 1 atom stereocenters. The summed E-state index contributed by atoms with van der Waals surface area (Å²) in [4.78, 5) is 11.8. The highest BCUT2D eigenvalue weighted by atomic mass is 19.3. The van der Waals surface area contributed by atoms with Crippen molar-refractivity contribution in [1.82, 2.24) is 5.32 Å². The second-order valence-corrected chi connectivity index (χ2v) is 3.74. The minimum Gasteiger partial charge on any atom is -0.435 e. The van der Waals surface area contributed by atoms with E-state index in [9.17, 15) is 13.6 Å². The number of carbonyl (C=O) groups excluding carboxylic acids is 1. The first-order chi connectivity index (χ1) is 8.52. The number of nitrogens with one attached hydrogen (secondary N) is 1. The van der Waals surface area contributed by atoms with E-state index in [1.165, 1.54) is 31.4 Å². The molecule has 0 radical (unpaired) electrons. The SMILES string of the molecule is COCC(C)NC(=O)c1cccc(OC(F)F)c1. The second kappa shape index (κ2) is 6.90. The molecule has 0 fully saturated rings. The first kappa shape index (κ1) is 14.4. The molecule has 0 aliphatic rings. The highest BCUT2D eigenvalue weighted by Crippen LogP contribution is 2.15. The van der Waals surface area contributed by atoms with Crippen LogP contribution in [0.5, 0.6) is 5.75 Å². The van der Waals surface area contributed by atoms with Gasteiger partial charge in [-0.3, -0.25) is 4.79 Å². The van der Waals surface area contributed by atoms with Gasteiger partial charge in [0.05, 0.1) is 6.61 Å². The zero-order valence-electron chi connectivity index (χ0n) is 10.2. The van der Waals surface area contributed by atoms with E-state index in [0.29, 0.717) is 6.61 Å². The van der Waals surface area contributed by atoms with E-state index in [-0.39, 0.29) is 23.3 Å². The fourth-order valence-corrected chi connectivity index (χ4v) is 1.41. The summed E-state index contributed by atoms with van der Waals surface area (Å²) in [6.07, 6.45) is 0. The number of halogens is 2. The van der Waals surface area contributed by atoms with Crippen molar-refractivity contribution in [2.75, 3.05) is 13.7 Å². The van der Waals surface area contributed by atoms with Crippen LogP contribution in [0.1, 0.15) is 17.3 Å². The number of benzene rings is 1. The van der Waals surface area contributed by atoms with Crippen LogP contribution in [-0.4, -0.2) is 32.3 Å². The van der Waals surface area contributed by atoms with E-state index in [1.807, 2.05) is 0 Å². The van der Waals surface area contributed by atoms with E-state index in [2.05, 4.69) is 10.1 Å². The van der Waals surface area contributed by atoms with Gasteiger partial charge in [-0.25, -0.2) is 0 Å². The number of alkyl halides is 2. The van der Waals surface area contributed by atoms with Crippen molar-refractivity contribution in [2.24, 2.45) is 0 Å². The summed E-state index contributed by atoms with van der Waals surface area (Å²) in [5, 5.41) is 2.67. The van der Waals surface area contributed by atoms with Gasteiger partial charge in [-0.2, -0.15) is 8.78 Å². The smallest absolute Gasteiger partial charge is 0.387 e. The van der Waals surface area contributed by atoms with Crippen molar-refractivity contribution in [1.29, 1.82) is 0 Å².